The van der Waals surface area contributed by atoms with Crippen molar-refractivity contribution >= 4 is 18.3 Å². The van der Waals surface area contributed by atoms with E-state index in [4.69, 9.17) is 14.6 Å². The summed E-state index contributed by atoms with van der Waals surface area (Å²) < 4.78 is 9.03. The van der Waals surface area contributed by atoms with E-state index >= 15 is 0 Å². The van der Waals surface area contributed by atoms with E-state index in [0.717, 1.165) is 12.8 Å². The number of nitrogens with one attached hydrogen (secondary N) is 2. The summed E-state index contributed by atoms with van der Waals surface area (Å²) in [7, 11) is 1.65. The van der Waals surface area contributed by atoms with Crippen molar-refractivity contribution in [1.82, 2.24) is 35.2 Å². The molecule has 3 N–H and O–H groups in total. The van der Waals surface area contributed by atoms with Crippen molar-refractivity contribution < 1.29 is 24.2 Å². The second-order valence-electron chi connectivity index (χ2n) is 7.39. The van der Waals surface area contributed by atoms with Crippen LogP contribution in [-0.4, -0.2) is 73.7 Å². The number of nitrogens with zero attached hydrogens (tertiary/aromatic N) is 5. The van der Waals surface area contributed by atoms with Crippen molar-refractivity contribution in [3.63, 3.8) is 0 Å². The van der Waals surface area contributed by atoms with Crippen molar-refractivity contribution in [1.29, 1.82) is 0 Å². The summed E-state index contributed by atoms with van der Waals surface area (Å²) in [5, 5.41) is 21.1. The van der Waals surface area contributed by atoms with Gasteiger partial charge in [-0.15, -0.1) is 0 Å². The Kier molecular flexibility index (Phi) is 10.9. The van der Waals surface area contributed by atoms with Crippen LogP contribution in [0.1, 0.15) is 32.1 Å². The highest BCUT2D eigenvalue weighted by Crippen LogP contribution is 2.27. The molecule has 0 radical (unpaired) electrons. The van der Waals surface area contributed by atoms with Gasteiger partial charge in [0.1, 0.15) is 12.7 Å². The second kappa shape index (κ2) is 13.9. The van der Waals surface area contributed by atoms with Gasteiger partial charge in [0.15, 0.2) is 0 Å². The molecule has 32 heavy (non-hydrogen) atoms. The van der Waals surface area contributed by atoms with Crippen LogP contribution in [0.2, 0.25) is 0 Å². The van der Waals surface area contributed by atoms with Gasteiger partial charge in [0.05, 0.1) is 18.7 Å². The molecule has 2 aromatic rings. The van der Waals surface area contributed by atoms with E-state index in [1.165, 1.54) is 6.33 Å². The Morgan fingerprint density at radius 3 is 2.72 bits per heavy atom. The standard InChI is InChI=1S/C19H29N7O3.CH2O2/c1-29-17-6-5-15(19(28)21-8-11-25-10-3-7-22-25)12-16(17)24-18(27)4-2-9-26-14-20-13-23-26;2-1-3/h3,7,10,13-17H,2,4-6,8-9,11-12H2,1H3,(H,21,28)(H,24,27);1H,(H,2,3)/t15-,16+,17+;/m0./s1. The lowest BCUT2D eigenvalue weighted by molar-refractivity contribution is -0.130. The maximum atomic E-state index is 12.5. The molecule has 0 aliphatic heterocycles. The van der Waals surface area contributed by atoms with Crippen LogP contribution in [0.3, 0.4) is 0 Å². The van der Waals surface area contributed by atoms with E-state index in [0.29, 0.717) is 38.9 Å². The number of aryl methyl sites for hydroxylation is 1. The van der Waals surface area contributed by atoms with Crippen molar-refractivity contribution in [3.05, 3.63) is 31.1 Å². The molecule has 2 aromatic heterocycles. The molecule has 1 aliphatic rings. The molecule has 12 nitrogen and oxygen atoms in total. The highest BCUT2D eigenvalue weighted by atomic mass is 16.5. The predicted molar refractivity (Wildman–Crippen MR) is 113 cm³/mol. The van der Waals surface area contributed by atoms with Gasteiger partial charge in [0.2, 0.25) is 11.8 Å². The van der Waals surface area contributed by atoms with Gasteiger partial charge in [-0.1, -0.05) is 0 Å². The van der Waals surface area contributed by atoms with Gasteiger partial charge in [-0.3, -0.25) is 23.7 Å². The van der Waals surface area contributed by atoms with Crippen LogP contribution in [0.4, 0.5) is 0 Å². The van der Waals surface area contributed by atoms with Gasteiger partial charge in [-0.05, 0) is 31.7 Å². The van der Waals surface area contributed by atoms with E-state index < -0.39 is 0 Å². The van der Waals surface area contributed by atoms with E-state index in [2.05, 4.69) is 25.8 Å². The Balaban J connectivity index is 0.00000114. The average Bonchev–Trinajstić information content (AvgIpc) is 3.48. The fourth-order valence-corrected chi connectivity index (χ4v) is 3.71. The fourth-order valence-electron chi connectivity index (χ4n) is 3.71. The molecule has 12 heteroatoms. The van der Waals surface area contributed by atoms with Gasteiger partial charge in [-0.25, -0.2) is 4.98 Å². The first kappa shape index (κ1) is 25.0. The third-order valence-electron chi connectivity index (χ3n) is 5.26. The van der Waals surface area contributed by atoms with Crippen LogP contribution in [0, 0.1) is 5.92 Å². The summed E-state index contributed by atoms with van der Waals surface area (Å²) in [6.45, 7) is 1.56. The molecule has 2 amide bonds. The molecule has 1 saturated carbocycles. The minimum Gasteiger partial charge on any atom is -0.483 e. The second-order valence-corrected chi connectivity index (χ2v) is 7.39. The number of hydrogen-bond acceptors (Lipinski definition) is 7. The number of ether oxygens (including phenoxy) is 1. The molecule has 1 fully saturated rings. The number of amides is 2. The Hall–Kier alpha value is -3.28. The topological polar surface area (TPSA) is 153 Å². The van der Waals surface area contributed by atoms with Crippen LogP contribution in [0.15, 0.2) is 31.1 Å². The van der Waals surface area contributed by atoms with Gasteiger partial charge in [0, 0.05) is 44.9 Å². The smallest absolute Gasteiger partial charge is 0.290 e. The molecule has 0 saturated heterocycles. The molecule has 176 valence electrons. The highest BCUT2D eigenvalue weighted by Gasteiger charge is 2.34. The Bertz CT molecular complexity index is 797. The number of carboxylic acid groups (broad SMARTS) is 1. The minimum atomic E-state index is -0.250. The minimum absolute atomic E-state index is 0.0251. The lowest BCUT2D eigenvalue weighted by Crippen LogP contribution is -2.50. The molecule has 3 rings (SSSR count). The molecule has 0 unspecified atom stereocenters. The summed E-state index contributed by atoms with van der Waals surface area (Å²) in [4.78, 5) is 37.2. The number of hydrogen-bond donors (Lipinski definition) is 3. The Morgan fingerprint density at radius 2 is 2.06 bits per heavy atom. The summed E-state index contributed by atoms with van der Waals surface area (Å²) in [6.07, 6.45) is 9.79. The summed E-state index contributed by atoms with van der Waals surface area (Å²) in [6, 6.07) is 1.70. The molecular weight excluding hydrogens is 418 g/mol. The number of carbonyl (C=O) groups excluding carboxylic acids is 2. The molecule has 0 spiro atoms. The normalized spacial score (nSPS) is 20.0. The first-order valence-electron chi connectivity index (χ1n) is 10.5. The molecule has 1 aliphatic carbocycles. The Labute approximate surface area is 186 Å². The first-order chi connectivity index (χ1) is 15.6. The average molecular weight is 450 g/mol. The van der Waals surface area contributed by atoms with Crippen LogP contribution in [0.25, 0.3) is 0 Å². The fraction of sp³-hybridized carbons (Fsp3) is 0.600. The zero-order chi connectivity index (χ0) is 23.2. The quantitative estimate of drug-likeness (QED) is 0.431. The summed E-state index contributed by atoms with van der Waals surface area (Å²) >= 11 is 0. The van der Waals surface area contributed by atoms with Gasteiger partial charge < -0.3 is 20.5 Å². The lowest BCUT2D eigenvalue weighted by Gasteiger charge is -2.35. The van der Waals surface area contributed by atoms with Gasteiger partial charge in [0.25, 0.3) is 6.47 Å². The zero-order valence-corrected chi connectivity index (χ0v) is 18.2. The number of rotatable bonds is 10. The molecule has 0 bridgehead atoms. The van der Waals surface area contributed by atoms with E-state index in [1.807, 2.05) is 12.3 Å². The Morgan fingerprint density at radius 1 is 1.25 bits per heavy atom. The number of carbonyl (C=O) groups is 3. The third-order valence-corrected chi connectivity index (χ3v) is 5.26. The van der Waals surface area contributed by atoms with Gasteiger partial charge >= 0.3 is 0 Å². The van der Waals surface area contributed by atoms with Crippen LogP contribution in [-0.2, 0) is 32.2 Å². The van der Waals surface area contributed by atoms with Crippen molar-refractivity contribution in [2.45, 2.75) is 57.3 Å². The molecule has 2 heterocycles. The number of aromatic nitrogens is 5. The first-order valence-corrected chi connectivity index (χ1v) is 10.5. The molecule has 3 atom stereocenters. The van der Waals surface area contributed by atoms with Crippen LogP contribution in [0.5, 0.6) is 0 Å². The summed E-state index contributed by atoms with van der Waals surface area (Å²) in [5.74, 6) is -0.131. The largest absolute Gasteiger partial charge is 0.483 e. The zero-order valence-electron chi connectivity index (χ0n) is 18.2. The lowest BCUT2D eigenvalue weighted by atomic mass is 9.83. The van der Waals surface area contributed by atoms with Crippen LogP contribution >= 0.6 is 0 Å². The molecule has 0 aromatic carbocycles. The summed E-state index contributed by atoms with van der Waals surface area (Å²) in [5.41, 5.74) is 0. The maximum Gasteiger partial charge on any atom is 0.290 e. The van der Waals surface area contributed by atoms with Crippen molar-refractivity contribution in [2.75, 3.05) is 13.7 Å². The van der Waals surface area contributed by atoms with Crippen molar-refractivity contribution in [3.8, 4) is 0 Å². The highest BCUT2D eigenvalue weighted by molar-refractivity contribution is 5.79. The molecular formula is C20H31N7O5. The van der Waals surface area contributed by atoms with E-state index in [9.17, 15) is 9.59 Å². The monoisotopic (exact) mass is 449 g/mol. The van der Waals surface area contributed by atoms with E-state index in [1.54, 1.807) is 29.0 Å². The van der Waals surface area contributed by atoms with Crippen molar-refractivity contribution in [2.24, 2.45) is 5.92 Å². The van der Waals surface area contributed by atoms with E-state index in [-0.39, 0.29) is 36.4 Å². The van der Waals surface area contributed by atoms with Gasteiger partial charge in [-0.2, -0.15) is 10.2 Å². The maximum absolute atomic E-state index is 12.5. The number of methoxy groups -OCH3 is 1. The predicted octanol–water partition coefficient (Wildman–Crippen LogP) is 0.0719. The third kappa shape index (κ3) is 8.46. The SMILES string of the molecule is CO[C@@H]1CC[C@H](C(=O)NCCn2cccn2)C[C@H]1NC(=O)CCCn1cncn1.O=CO. The van der Waals surface area contributed by atoms with Crippen LogP contribution < -0.4 is 10.6 Å².